The standard InChI is InChI=1S/C12H25NO4/c1-12(14)11-17-10-9-16-8-7-15-6-4-3-5-13-2/h13H,3-11H2,1-2H3. The summed E-state index contributed by atoms with van der Waals surface area (Å²) < 4.78 is 15.7. The van der Waals surface area contributed by atoms with Gasteiger partial charge in [0.25, 0.3) is 0 Å². The minimum Gasteiger partial charge on any atom is -0.379 e. The minimum atomic E-state index is 0.0369. The molecule has 0 amide bonds. The van der Waals surface area contributed by atoms with Crippen molar-refractivity contribution in [1.29, 1.82) is 0 Å². The number of nitrogens with one attached hydrogen (secondary N) is 1. The molecule has 0 bridgehead atoms. The Balaban J connectivity index is 2.91. The third-order valence-electron chi connectivity index (χ3n) is 2.01. The number of hydrogen-bond donors (Lipinski definition) is 1. The molecule has 5 nitrogen and oxygen atoms in total. The van der Waals surface area contributed by atoms with E-state index < -0.39 is 0 Å². The predicted molar refractivity (Wildman–Crippen MR) is 66.3 cm³/mol. The second-order valence-electron chi connectivity index (χ2n) is 3.79. The molecule has 0 aromatic carbocycles. The number of carbonyl (C=O) groups excluding carboxylic acids is 1. The van der Waals surface area contributed by atoms with Crippen molar-refractivity contribution < 1.29 is 19.0 Å². The Morgan fingerprint density at radius 2 is 1.53 bits per heavy atom. The van der Waals surface area contributed by atoms with E-state index in [-0.39, 0.29) is 12.4 Å². The van der Waals surface area contributed by atoms with Gasteiger partial charge in [-0.05, 0) is 33.4 Å². The fraction of sp³-hybridized carbons (Fsp3) is 0.917. The van der Waals surface area contributed by atoms with Crippen LogP contribution in [-0.4, -0.2) is 59.0 Å². The first-order chi connectivity index (χ1) is 8.27. The van der Waals surface area contributed by atoms with E-state index in [1.807, 2.05) is 7.05 Å². The molecule has 0 atom stereocenters. The molecule has 102 valence electrons. The molecular weight excluding hydrogens is 222 g/mol. The van der Waals surface area contributed by atoms with E-state index >= 15 is 0 Å². The largest absolute Gasteiger partial charge is 0.379 e. The average Bonchev–Trinajstić information content (AvgIpc) is 2.30. The van der Waals surface area contributed by atoms with E-state index in [4.69, 9.17) is 14.2 Å². The first-order valence-corrected chi connectivity index (χ1v) is 6.14. The molecule has 0 fully saturated rings. The lowest BCUT2D eigenvalue weighted by molar-refractivity contribution is -0.122. The normalized spacial score (nSPS) is 10.7. The molecular formula is C12H25NO4. The third-order valence-corrected chi connectivity index (χ3v) is 2.01. The van der Waals surface area contributed by atoms with E-state index in [0.717, 1.165) is 26.0 Å². The van der Waals surface area contributed by atoms with Gasteiger partial charge in [-0.3, -0.25) is 4.79 Å². The first-order valence-electron chi connectivity index (χ1n) is 6.14. The molecule has 0 radical (unpaired) electrons. The number of Topliss-reactive ketones (excluding diaryl/α,β-unsaturated/α-hetero) is 1. The summed E-state index contributed by atoms with van der Waals surface area (Å²) in [7, 11) is 1.95. The zero-order valence-electron chi connectivity index (χ0n) is 11.0. The van der Waals surface area contributed by atoms with E-state index in [9.17, 15) is 4.79 Å². The number of ether oxygens (including phenoxy) is 3. The molecule has 0 aliphatic heterocycles. The second-order valence-corrected chi connectivity index (χ2v) is 3.79. The lowest BCUT2D eigenvalue weighted by Gasteiger charge is -2.06. The van der Waals surface area contributed by atoms with Gasteiger partial charge in [-0.2, -0.15) is 0 Å². The highest BCUT2D eigenvalue weighted by Crippen LogP contribution is 1.88. The van der Waals surface area contributed by atoms with Crippen molar-refractivity contribution in [3.63, 3.8) is 0 Å². The molecule has 0 saturated heterocycles. The van der Waals surface area contributed by atoms with Gasteiger partial charge in [-0.15, -0.1) is 0 Å². The summed E-state index contributed by atoms with van der Waals surface area (Å²) in [4.78, 5) is 10.5. The fourth-order valence-corrected chi connectivity index (χ4v) is 1.16. The van der Waals surface area contributed by atoms with E-state index in [1.54, 1.807) is 0 Å². The molecule has 0 saturated carbocycles. The highest BCUT2D eigenvalue weighted by molar-refractivity contribution is 5.76. The van der Waals surface area contributed by atoms with Crippen LogP contribution in [0.15, 0.2) is 0 Å². The Labute approximate surface area is 104 Å². The minimum absolute atomic E-state index is 0.0369. The van der Waals surface area contributed by atoms with Crippen molar-refractivity contribution in [1.82, 2.24) is 5.32 Å². The van der Waals surface area contributed by atoms with Gasteiger partial charge in [-0.25, -0.2) is 0 Å². The number of unbranched alkanes of at least 4 members (excludes halogenated alkanes) is 1. The molecule has 0 aromatic rings. The summed E-state index contributed by atoms with van der Waals surface area (Å²) in [6.07, 6.45) is 2.21. The van der Waals surface area contributed by atoms with Gasteiger partial charge in [-0.1, -0.05) is 0 Å². The number of ketones is 1. The van der Waals surface area contributed by atoms with Gasteiger partial charge >= 0.3 is 0 Å². The predicted octanol–water partition coefficient (Wildman–Crippen LogP) is 0.625. The van der Waals surface area contributed by atoms with Crippen LogP contribution in [0.2, 0.25) is 0 Å². The number of rotatable bonds is 13. The maximum atomic E-state index is 10.5. The Bertz CT molecular complexity index is 176. The van der Waals surface area contributed by atoms with Crippen molar-refractivity contribution in [2.75, 3.05) is 53.2 Å². The van der Waals surface area contributed by atoms with Gasteiger partial charge in [0.1, 0.15) is 6.61 Å². The number of hydrogen-bond acceptors (Lipinski definition) is 5. The third kappa shape index (κ3) is 15.5. The van der Waals surface area contributed by atoms with Crippen LogP contribution < -0.4 is 5.32 Å². The first kappa shape index (κ1) is 16.5. The summed E-state index contributed by atoms with van der Waals surface area (Å²) >= 11 is 0. The Kier molecular flexibility index (Phi) is 13.2. The van der Waals surface area contributed by atoms with E-state index in [0.29, 0.717) is 26.4 Å². The quantitative estimate of drug-likeness (QED) is 0.484. The van der Waals surface area contributed by atoms with Crippen molar-refractivity contribution in [3.05, 3.63) is 0 Å². The summed E-state index contributed by atoms with van der Waals surface area (Å²) in [6, 6.07) is 0. The summed E-state index contributed by atoms with van der Waals surface area (Å²) in [6.45, 7) is 5.66. The zero-order valence-corrected chi connectivity index (χ0v) is 11.0. The van der Waals surface area contributed by atoms with Crippen LogP contribution >= 0.6 is 0 Å². The highest BCUT2D eigenvalue weighted by Gasteiger charge is 1.94. The summed E-state index contributed by atoms with van der Waals surface area (Å²) in [5.41, 5.74) is 0. The molecule has 0 aliphatic carbocycles. The molecule has 0 aromatic heterocycles. The Morgan fingerprint density at radius 1 is 0.941 bits per heavy atom. The lowest BCUT2D eigenvalue weighted by Crippen LogP contribution is -2.13. The maximum Gasteiger partial charge on any atom is 0.155 e. The number of carbonyl (C=O) groups is 1. The fourth-order valence-electron chi connectivity index (χ4n) is 1.16. The smallest absolute Gasteiger partial charge is 0.155 e. The van der Waals surface area contributed by atoms with Crippen molar-refractivity contribution in [3.8, 4) is 0 Å². The van der Waals surface area contributed by atoms with Gasteiger partial charge in [0.05, 0.1) is 26.4 Å². The monoisotopic (exact) mass is 247 g/mol. The Morgan fingerprint density at radius 3 is 2.12 bits per heavy atom. The van der Waals surface area contributed by atoms with Crippen LogP contribution in [0, 0.1) is 0 Å². The van der Waals surface area contributed by atoms with Crippen molar-refractivity contribution >= 4 is 5.78 Å². The van der Waals surface area contributed by atoms with E-state index in [1.165, 1.54) is 6.92 Å². The molecule has 0 spiro atoms. The molecule has 0 heterocycles. The van der Waals surface area contributed by atoms with E-state index in [2.05, 4.69) is 5.32 Å². The molecule has 0 aliphatic rings. The van der Waals surface area contributed by atoms with Gasteiger partial charge < -0.3 is 19.5 Å². The van der Waals surface area contributed by atoms with Crippen LogP contribution in [-0.2, 0) is 19.0 Å². The molecule has 5 heteroatoms. The van der Waals surface area contributed by atoms with Gasteiger partial charge in [0.2, 0.25) is 0 Å². The Hall–Kier alpha value is -0.490. The molecule has 0 unspecified atom stereocenters. The van der Waals surface area contributed by atoms with Gasteiger partial charge in [0.15, 0.2) is 5.78 Å². The molecule has 17 heavy (non-hydrogen) atoms. The zero-order chi connectivity index (χ0) is 12.8. The SMILES string of the molecule is CNCCCCOCCOCCOCC(C)=O. The van der Waals surface area contributed by atoms with Crippen LogP contribution in [0.3, 0.4) is 0 Å². The molecule has 1 N–H and O–H groups in total. The summed E-state index contributed by atoms with van der Waals surface area (Å²) in [5, 5.41) is 3.09. The summed E-state index contributed by atoms with van der Waals surface area (Å²) in [5.74, 6) is 0.0369. The highest BCUT2D eigenvalue weighted by atomic mass is 16.5. The lowest BCUT2D eigenvalue weighted by atomic mass is 10.3. The van der Waals surface area contributed by atoms with Crippen molar-refractivity contribution in [2.24, 2.45) is 0 Å². The maximum absolute atomic E-state index is 10.5. The van der Waals surface area contributed by atoms with Gasteiger partial charge in [0, 0.05) is 6.61 Å². The molecule has 0 rings (SSSR count). The van der Waals surface area contributed by atoms with Crippen LogP contribution in [0.4, 0.5) is 0 Å². The van der Waals surface area contributed by atoms with Crippen molar-refractivity contribution in [2.45, 2.75) is 19.8 Å². The van der Waals surface area contributed by atoms with Crippen LogP contribution in [0.25, 0.3) is 0 Å². The average molecular weight is 247 g/mol. The topological polar surface area (TPSA) is 56.8 Å². The van der Waals surface area contributed by atoms with Crippen LogP contribution in [0.5, 0.6) is 0 Å². The second kappa shape index (κ2) is 13.6. The van der Waals surface area contributed by atoms with Crippen LogP contribution in [0.1, 0.15) is 19.8 Å².